The van der Waals surface area contributed by atoms with Gasteiger partial charge in [0.25, 0.3) is 0 Å². The summed E-state index contributed by atoms with van der Waals surface area (Å²) >= 11 is 0. The van der Waals surface area contributed by atoms with E-state index in [0.29, 0.717) is 35.0 Å². The number of carbonyl (C=O) groups is 1. The van der Waals surface area contributed by atoms with Gasteiger partial charge in [0.1, 0.15) is 5.82 Å². The van der Waals surface area contributed by atoms with Gasteiger partial charge >= 0.3 is 5.97 Å². The molecule has 3 rings (SSSR count). The maximum Gasteiger partial charge on any atom is 0.342 e. The zero-order valence-electron chi connectivity index (χ0n) is 12.1. The molecule has 114 valence electrons. The van der Waals surface area contributed by atoms with Crippen molar-refractivity contribution in [1.82, 2.24) is 4.98 Å². The van der Waals surface area contributed by atoms with Gasteiger partial charge in [-0.2, -0.15) is 5.26 Å². The van der Waals surface area contributed by atoms with Gasteiger partial charge in [-0.3, -0.25) is 0 Å². The summed E-state index contributed by atoms with van der Waals surface area (Å²) in [5.41, 5.74) is 0.0567. The van der Waals surface area contributed by atoms with Gasteiger partial charge < -0.3 is 14.8 Å². The van der Waals surface area contributed by atoms with E-state index in [4.69, 9.17) is 4.74 Å². The summed E-state index contributed by atoms with van der Waals surface area (Å²) in [6.07, 6.45) is 1.34. The number of aromatic amines is 1. The number of ether oxygens (including phenoxy) is 1. The molecule has 0 amide bonds. The van der Waals surface area contributed by atoms with E-state index >= 15 is 0 Å². The van der Waals surface area contributed by atoms with Crippen LogP contribution in [0.2, 0.25) is 0 Å². The van der Waals surface area contributed by atoms with E-state index < -0.39 is 17.4 Å². The predicted octanol–water partition coefficient (Wildman–Crippen LogP) is 2.83. The van der Waals surface area contributed by atoms with Gasteiger partial charge in [-0.25, -0.2) is 9.18 Å². The number of fused-ring (bicyclic) bond motifs is 3. The molecule has 0 saturated heterocycles. The van der Waals surface area contributed by atoms with Crippen molar-refractivity contribution in [3.05, 3.63) is 34.8 Å². The molecule has 1 aromatic heterocycles. The van der Waals surface area contributed by atoms with E-state index in [2.05, 4.69) is 4.98 Å². The smallest absolute Gasteiger partial charge is 0.342 e. The van der Waals surface area contributed by atoms with Gasteiger partial charge in [0.2, 0.25) is 5.60 Å². The summed E-state index contributed by atoms with van der Waals surface area (Å²) in [6, 6.07) is 4.68. The molecule has 0 fully saturated rings. The third-order valence-electron chi connectivity index (χ3n) is 4.18. The van der Waals surface area contributed by atoms with E-state index in [1.54, 1.807) is 0 Å². The van der Waals surface area contributed by atoms with Crippen molar-refractivity contribution in [2.75, 3.05) is 6.61 Å². The molecule has 0 spiro atoms. The molecule has 1 aliphatic rings. The Bertz CT molecular complexity index is 806. The molecule has 2 aromatic rings. The highest BCUT2D eigenvalue weighted by Gasteiger charge is 2.47. The number of aromatic nitrogens is 1. The van der Waals surface area contributed by atoms with Crippen LogP contribution in [0.5, 0.6) is 0 Å². The van der Waals surface area contributed by atoms with Crippen molar-refractivity contribution in [3.8, 4) is 6.07 Å². The first kappa shape index (κ1) is 14.5. The summed E-state index contributed by atoms with van der Waals surface area (Å²) in [7, 11) is 0. The number of aliphatic carboxylic acids is 1. The van der Waals surface area contributed by atoms with Gasteiger partial charge in [0, 0.05) is 5.39 Å². The van der Waals surface area contributed by atoms with Gasteiger partial charge in [0.05, 0.1) is 29.5 Å². The summed E-state index contributed by atoms with van der Waals surface area (Å²) in [6.45, 7) is 2.10. The zero-order chi connectivity index (χ0) is 15.9. The first-order chi connectivity index (χ1) is 10.5. The lowest BCUT2D eigenvalue weighted by molar-refractivity contribution is -0.171. The lowest BCUT2D eigenvalue weighted by Gasteiger charge is -2.33. The summed E-state index contributed by atoms with van der Waals surface area (Å²) in [5, 5.41) is 19.4. The molecule has 1 aliphatic heterocycles. The van der Waals surface area contributed by atoms with Crippen LogP contribution in [0.4, 0.5) is 4.39 Å². The molecule has 0 aliphatic carbocycles. The Morgan fingerprint density at radius 1 is 1.59 bits per heavy atom. The second-order valence-corrected chi connectivity index (χ2v) is 5.42. The third kappa shape index (κ3) is 1.82. The Morgan fingerprint density at radius 3 is 3.00 bits per heavy atom. The molecule has 2 heterocycles. The van der Waals surface area contributed by atoms with Gasteiger partial charge in [-0.15, -0.1) is 0 Å². The highest BCUT2D eigenvalue weighted by molar-refractivity contribution is 5.93. The minimum atomic E-state index is -1.50. The number of benzene rings is 1. The quantitative estimate of drug-likeness (QED) is 0.912. The maximum absolute atomic E-state index is 14.1. The molecule has 1 atom stereocenters. The fraction of sp³-hybridized carbons (Fsp3) is 0.375. The second kappa shape index (κ2) is 5.11. The number of halogens is 1. The van der Waals surface area contributed by atoms with Gasteiger partial charge in [-0.1, -0.05) is 13.3 Å². The SMILES string of the molecule is CCC[C@]1(C(=O)O)OCCc2c1[nH]c1c(F)ccc(C#N)c21. The Labute approximate surface area is 126 Å². The van der Waals surface area contributed by atoms with Crippen LogP contribution in [-0.2, 0) is 21.6 Å². The standard InChI is InChI=1S/C16H15FN2O3/c1-2-6-16(15(20)21)14-10(5-7-22-16)12-9(8-18)3-4-11(17)13(12)19-14/h3-4,19H,2,5-7H2,1H3,(H,20,21)/t16-/m0/s1. The van der Waals surface area contributed by atoms with Crippen molar-refractivity contribution >= 4 is 16.9 Å². The highest BCUT2D eigenvalue weighted by Crippen LogP contribution is 2.41. The fourth-order valence-electron chi connectivity index (χ4n) is 3.25. The number of nitriles is 1. The normalized spacial score (nSPS) is 20.6. The van der Waals surface area contributed by atoms with E-state index in [-0.39, 0.29) is 18.5 Å². The topological polar surface area (TPSA) is 86.1 Å². The Hall–Kier alpha value is -2.39. The fourth-order valence-corrected chi connectivity index (χ4v) is 3.25. The third-order valence-corrected chi connectivity index (χ3v) is 4.18. The van der Waals surface area contributed by atoms with Crippen LogP contribution in [0.15, 0.2) is 12.1 Å². The van der Waals surface area contributed by atoms with Crippen LogP contribution in [0.3, 0.4) is 0 Å². The van der Waals surface area contributed by atoms with Crippen molar-refractivity contribution in [3.63, 3.8) is 0 Å². The second-order valence-electron chi connectivity index (χ2n) is 5.42. The lowest BCUT2D eigenvalue weighted by Crippen LogP contribution is -2.43. The van der Waals surface area contributed by atoms with Crippen LogP contribution >= 0.6 is 0 Å². The molecular formula is C16H15FN2O3. The largest absolute Gasteiger partial charge is 0.479 e. The van der Waals surface area contributed by atoms with Crippen LogP contribution in [0, 0.1) is 17.1 Å². The van der Waals surface area contributed by atoms with Crippen LogP contribution in [0.1, 0.15) is 36.6 Å². The molecule has 0 radical (unpaired) electrons. The lowest BCUT2D eigenvalue weighted by atomic mass is 9.87. The molecule has 5 nitrogen and oxygen atoms in total. The number of rotatable bonds is 3. The van der Waals surface area contributed by atoms with Crippen LogP contribution in [-0.4, -0.2) is 22.7 Å². The average Bonchev–Trinajstić information content (AvgIpc) is 2.90. The summed E-state index contributed by atoms with van der Waals surface area (Å²) in [4.78, 5) is 14.7. The van der Waals surface area contributed by atoms with Gasteiger partial charge in [-0.05, 0) is 30.5 Å². The van der Waals surface area contributed by atoms with Crippen molar-refractivity contribution < 1.29 is 19.0 Å². The summed E-state index contributed by atoms with van der Waals surface area (Å²) < 4.78 is 19.7. The van der Waals surface area contributed by atoms with Gasteiger partial charge in [0.15, 0.2) is 0 Å². The number of hydrogen-bond donors (Lipinski definition) is 2. The zero-order valence-corrected chi connectivity index (χ0v) is 12.1. The number of nitrogens with zero attached hydrogens (tertiary/aromatic N) is 1. The van der Waals surface area contributed by atoms with Crippen molar-refractivity contribution in [1.29, 1.82) is 5.26 Å². The summed E-state index contributed by atoms with van der Waals surface area (Å²) in [5.74, 6) is -1.60. The molecule has 22 heavy (non-hydrogen) atoms. The minimum absolute atomic E-state index is 0.177. The average molecular weight is 302 g/mol. The van der Waals surface area contributed by atoms with E-state index in [0.717, 1.165) is 0 Å². The molecule has 1 aromatic carbocycles. The van der Waals surface area contributed by atoms with Crippen molar-refractivity contribution in [2.45, 2.75) is 31.8 Å². The maximum atomic E-state index is 14.1. The number of H-pyrrole nitrogens is 1. The molecule has 0 unspecified atom stereocenters. The molecule has 2 N–H and O–H groups in total. The minimum Gasteiger partial charge on any atom is -0.479 e. The number of hydrogen-bond acceptors (Lipinski definition) is 3. The van der Waals surface area contributed by atoms with E-state index in [1.165, 1.54) is 12.1 Å². The first-order valence-electron chi connectivity index (χ1n) is 7.16. The predicted molar refractivity (Wildman–Crippen MR) is 76.8 cm³/mol. The van der Waals surface area contributed by atoms with E-state index in [1.807, 2.05) is 13.0 Å². The Kier molecular flexibility index (Phi) is 3.38. The molecule has 0 bridgehead atoms. The van der Waals surface area contributed by atoms with Crippen LogP contribution in [0.25, 0.3) is 10.9 Å². The van der Waals surface area contributed by atoms with Crippen molar-refractivity contribution in [2.24, 2.45) is 0 Å². The van der Waals surface area contributed by atoms with Crippen LogP contribution < -0.4 is 0 Å². The van der Waals surface area contributed by atoms with E-state index in [9.17, 15) is 19.6 Å². The first-order valence-corrected chi connectivity index (χ1v) is 7.16. The molecule has 0 saturated carbocycles. The Balaban J connectivity index is 2.38. The number of carboxylic acids is 1. The Morgan fingerprint density at radius 2 is 2.36 bits per heavy atom. The number of carboxylic acid groups (broad SMARTS) is 1. The number of nitrogens with one attached hydrogen (secondary N) is 1. The molecule has 6 heteroatoms. The highest BCUT2D eigenvalue weighted by atomic mass is 19.1. The molecular weight excluding hydrogens is 287 g/mol. The monoisotopic (exact) mass is 302 g/mol.